The molecule has 0 amide bonds. The summed E-state index contributed by atoms with van der Waals surface area (Å²) in [5, 5.41) is 2.89. The zero-order chi connectivity index (χ0) is 17.7. The molecule has 130 valence electrons. The molecule has 0 radical (unpaired) electrons. The maximum Gasteiger partial charge on any atom is 0.333 e. The van der Waals surface area contributed by atoms with Crippen molar-refractivity contribution in [2.24, 2.45) is 0 Å². The Morgan fingerprint density at radius 1 is 1.08 bits per heavy atom. The van der Waals surface area contributed by atoms with Crippen molar-refractivity contribution in [1.82, 2.24) is 9.88 Å². The second-order valence-electron chi connectivity index (χ2n) is 6.95. The smallest absolute Gasteiger partial charge is 0.333 e. The summed E-state index contributed by atoms with van der Waals surface area (Å²) in [6.45, 7) is 1.14. The number of esters is 1. The lowest BCUT2D eigenvalue weighted by atomic mass is 10.1. The van der Waals surface area contributed by atoms with Crippen molar-refractivity contribution in [3.05, 3.63) is 64.8 Å². The number of ether oxygens (including phenoxy) is 1. The molecule has 26 heavy (non-hydrogen) atoms. The Kier molecular flexibility index (Phi) is 3.61. The molecule has 1 saturated carbocycles. The van der Waals surface area contributed by atoms with Gasteiger partial charge in [0.2, 0.25) is 0 Å². The Morgan fingerprint density at radius 2 is 1.85 bits per heavy atom. The highest BCUT2D eigenvalue weighted by atomic mass is 35.5. The molecule has 4 nitrogen and oxygen atoms in total. The van der Waals surface area contributed by atoms with Crippen molar-refractivity contribution in [3.63, 3.8) is 0 Å². The van der Waals surface area contributed by atoms with E-state index in [1.165, 1.54) is 18.4 Å². The maximum atomic E-state index is 11.4. The van der Waals surface area contributed by atoms with Gasteiger partial charge >= 0.3 is 5.97 Å². The zero-order valence-corrected chi connectivity index (χ0v) is 14.9. The standard InChI is InChI=1S/C21H17ClN2O2/c22-16-4-3-15-8-14-2-1-13(7-19(14)23-20(15)9-16)11-24(17-5-6-17)18-10-21(25)26-12-18/h1-4,7-10,17H,5-6,11-12H2. The van der Waals surface area contributed by atoms with Gasteiger partial charge in [-0.25, -0.2) is 9.78 Å². The number of benzene rings is 2. The number of aromatic nitrogens is 1. The summed E-state index contributed by atoms with van der Waals surface area (Å²) in [4.78, 5) is 18.5. The number of pyridine rings is 1. The van der Waals surface area contributed by atoms with Crippen LogP contribution in [-0.4, -0.2) is 28.5 Å². The average molecular weight is 365 g/mol. The van der Waals surface area contributed by atoms with Crippen molar-refractivity contribution in [1.29, 1.82) is 0 Å². The summed E-state index contributed by atoms with van der Waals surface area (Å²) in [5.74, 6) is -0.242. The first-order valence-corrected chi connectivity index (χ1v) is 9.16. The lowest BCUT2D eigenvalue weighted by Gasteiger charge is -2.25. The minimum atomic E-state index is -0.242. The molecule has 1 aliphatic carbocycles. The molecule has 1 fully saturated rings. The number of carbonyl (C=O) groups excluding carboxylic acids is 1. The van der Waals surface area contributed by atoms with Crippen LogP contribution in [0.1, 0.15) is 18.4 Å². The summed E-state index contributed by atoms with van der Waals surface area (Å²) in [6.07, 6.45) is 3.95. The number of hydrogen-bond acceptors (Lipinski definition) is 4. The Hall–Kier alpha value is -2.59. The first-order chi connectivity index (χ1) is 12.7. The van der Waals surface area contributed by atoms with Crippen LogP contribution in [0.2, 0.25) is 5.02 Å². The van der Waals surface area contributed by atoms with Gasteiger partial charge in [0.25, 0.3) is 0 Å². The van der Waals surface area contributed by atoms with Crippen LogP contribution in [0.25, 0.3) is 21.8 Å². The van der Waals surface area contributed by atoms with Gasteiger partial charge in [-0.1, -0.05) is 29.8 Å². The average Bonchev–Trinajstić information content (AvgIpc) is 3.38. The van der Waals surface area contributed by atoms with Crippen molar-refractivity contribution < 1.29 is 9.53 Å². The summed E-state index contributed by atoms with van der Waals surface area (Å²) < 4.78 is 5.09. The van der Waals surface area contributed by atoms with Crippen LogP contribution in [0.3, 0.4) is 0 Å². The predicted molar refractivity (Wildman–Crippen MR) is 102 cm³/mol. The van der Waals surface area contributed by atoms with Gasteiger partial charge in [-0.3, -0.25) is 0 Å². The molecular weight excluding hydrogens is 348 g/mol. The van der Waals surface area contributed by atoms with Crippen molar-refractivity contribution in [3.8, 4) is 0 Å². The fourth-order valence-corrected chi connectivity index (χ4v) is 3.68. The molecule has 2 aromatic carbocycles. The third-order valence-electron chi connectivity index (χ3n) is 5.00. The quantitative estimate of drug-likeness (QED) is 0.507. The molecule has 0 saturated heterocycles. The molecule has 5 rings (SSSR count). The lowest BCUT2D eigenvalue weighted by Crippen LogP contribution is -2.25. The second-order valence-corrected chi connectivity index (χ2v) is 7.39. The van der Waals surface area contributed by atoms with Gasteiger partial charge in [0, 0.05) is 34.5 Å². The number of carbonyl (C=O) groups is 1. The molecule has 2 heterocycles. The predicted octanol–water partition coefficient (Wildman–Crippen LogP) is 4.45. The van der Waals surface area contributed by atoms with E-state index in [9.17, 15) is 4.79 Å². The van der Waals surface area contributed by atoms with Crippen molar-refractivity contribution in [2.75, 3.05) is 6.61 Å². The third-order valence-corrected chi connectivity index (χ3v) is 5.23. The highest BCUT2D eigenvalue weighted by Gasteiger charge is 2.32. The van der Waals surface area contributed by atoms with E-state index in [1.54, 1.807) is 6.08 Å². The van der Waals surface area contributed by atoms with Crippen LogP contribution < -0.4 is 0 Å². The number of fused-ring (bicyclic) bond motifs is 2. The topological polar surface area (TPSA) is 42.4 Å². The van der Waals surface area contributed by atoms with Crippen LogP contribution in [0, 0.1) is 0 Å². The molecule has 0 spiro atoms. The van der Waals surface area contributed by atoms with E-state index in [2.05, 4.69) is 29.2 Å². The van der Waals surface area contributed by atoms with Gasteiger partial charge in [0.1, 0.15) is 6.61 Å². The maximum absolute atomic E-state index is 11.4. The Bertz CT molecular complexity index is 1070. The molecule has 0 atom stereocenters. The minimum absolute atomic E-state index is 0.242. The van der Waals surface area contributed by atoms with E-state index in [-0.39, 0.29) is 5.97 Å². The van der Waals surface area contributed by atoms with Crippen molar-refractivity contribution >= 4 is 39.4 Å². The number of rotatable bonds is 4. The second kappa shape index (κ2) is 5.99. The number of nitrogens with zero attached hydrogens (tertiary/aromatic N) is 2. The fourth-order valence-electron chi connectivity index (χ4n) is 3.52. The number of cyclic esters (lactones) is 1. The van der Waals surface area contributed by atoms with E-state index in [4.69, 9.17) is 21.3 Å². The van der Waals surface area contributed by atoms with E-state index in [1.807, 2.05) is 18.2 Å². The van der Waals surface area contributed by atoms with E-state index in [0.717, 1.165) is 34.0 Å². The minimum Gasteiger partial charge on any atom is -0.456 e. The van der Waals surface area contributed by atoms with Gasteiger partial charge in [-0.2, -0.15) is 0 Å². The zero-order valence-electron chi connectivity index (χ0n) is 14.1. The highest BCUT2D eigenvalue weighted by molar-refractivity contribution is 6.31. The van der Waals surface area contributed by atoms with Crippen LogP contribution in [0.4, 0.5) is 0 Å². The molecule has 0 bridgehead atoms. The van der Waals surface area contributed by atoms with Gasteiger partial charge in [0.05, 0.1) is 16.7 Å². The normalized spacial score (nSPS) is 16.8. The van der Waals surface area contributed by atoms with E-state index in [0.29, 0.717) is 17.7 Å². The SMILES string of the molecule is O=C1C=C(N(Cc2ccc3cc4ccc(Cl)cc4nc3c2)C2CC2)CO1. The van der Waals surface area contributed by atoms with Gasteiger partial charge in [-0.15, -0.1) is 0 Å². The largest absolute Gasteiger partial charge is 0.456 e. The highest BCUT2D eigenvalue weighted by Crippen LogP contribution is 2.33. The van der Waals surface area contributed by atoms with Gasteiger partial charge in [0.15, 0.2) is 0 Å². The molecule has 2 aliphatic rings. The Balaban J connectivity index is 1.51. The number of hydrogen-bond donors (Lipinski definition) is 0. The van der Waals surface area contributed by atoms with Gasteiger partial charge in [-0.05, 0) is 42.7 Å². The molecule has 1 aliphatic heterocycles. The fraction of sp³-hybridized carbons (Fsp3) is 0.238. The van der Waals surface area contributed by atoms with Crippen LogP contribution in [0.5, 0.6) is 0 Å². The molecule has 0 unspecified atom stereocenters. The van der Waals surface area contributed by atoms with E-state index >= 15 is 0 Å². The van der Waals surface area contributed by atoms with Crippen LogP contribution >= 0.6 is 11.6 Å². The monoisotopic (exact) mass is 364 g/mol. The summed E-state index contributed by atoms with van der Waals surface area (Å²) in [5.41, 5.74) is 4.02. The molecule has 3 aromatic rings. The Labute approximate surface area is 156 Å². The molecule has 5 heteroatoms. The summed E-state index contributed by atoms with van der Waals surface area (Å²) in [7, 11) is 0. The first kappa shape index (κ1) is 15.6. The lowest BCUT2D eigenvalue weighted by molar-refractivity contribution is -0.135. The van der Waals surface area contributed by atoms with E-state index < -0.39 is 0 Å². The Morgan fingerprint density at radius 3 is 2.58 bits per heavy atom. The van der Waals surface area contributed by atoms with Crippen LogP contribution in [-0.2, 0) is 16.1 Å². The van der Waals surface area contributed by atoms with Crippen molar-refractivity contribution in [2.45, 2.75) is 25.4 Å². The van der Waals surface area contributed by atoms with Gasteiger partial charge < -0.3 is 9.64 Å². The molecule has 1 aromatic heterocycles. The molecular formula is C21H17ClN2O2. The summed E-state index contributed by atoms with van der Waals surface area (Å²) in [6, 6.07) is 14.8. The number of halogens is 1. The molecule has 0 N–H and O–H groups in total. The third kappa shape index (κ3) is 2.90. The summed E-state index contributed by atoms with van der Waals surface area (Å²) >= 11 is 6.10. The van der Waals surface area contributed by atoms with Crippen LogP contribution in [0.15, 0.2) is 54.2 Å². The first-order valence-electron chi connectivity index (χ1n) is 8.79.